The SMILES string of the molecule is CNC(=O)C(=CN)c1cc(-c2cc(NC(C)c3ccc(Cl)cc3F)nn2-c2cccc(C)n2)ccn1. The minimum atomic E-state index is -0.406. The third kappa shape index (κ3) is 5.21. The molecule has 0 bridgehead atoms. The van der Waals surface area contributed by atoms with Gasteiger partial charge in [0.15, 0.2) is 5.82 Å². The molecule has 10 heteroatoms. The first kappa shape index (κ1) is 24.9. The summed E-state index contributed by atoms with van der Waals surface area (Å²) in [7, 11) is 1.52. The van der Waals surface area contributed by atoms with Crippen molar-refractivity contribution < 1.29 is 9.18 Å². The van der Waals surface area contributed by atoms with E-state index in [1.54, 1.807) is 35.1 Å². The molecular formula is C26H25ClFN7O. The van der Waals surface area contributed by atoms with Gasteiger partial charge in [-0.3, -0.25) is 9.78 Å². The van der Waals surface area contributed by atoms with Gasteiger partial charge >= 0.3 is 0 Å². The van der Waals surface area contributed by atoms with Crippen LogP contribution in [0.5, 0.6) is 0 Å². The number of amides is 1. The Morgan fingerprint density at radius 2 is 2.00 bits per heavy atom. The van der Waals surface area contributed by atoms with Gasteiger partial charge in [0.05, 0.1) is 23.0 Å². The highest BCUT2D eigenvalue weighted by Gasteiger charge is 2.19. The Hall–Kier alpha value is -4.24. The molecule has 0 aliphatic carbocycles. The van der Waals surface area contributed by atoms with Crippen molar-refractivity contribution in [3.63, 3.8) is 0 Å². The molecule has 0 aliphatic heterocycles. The van der Waals surface area contributed by atoms with Crippen LogP contribution in [0.4, 0.5) is 10.2 Å². The molecule has 36 heavy (non-hydrogen) atoms. The molecule has 0 aliphatic rings. The highest BCUT2D eigenvalue weighted by molar-refractivity contribution is 6.30. The van der Waals surface area contributed by atoms with E-state index in [-0.39, 0.29) is 11.5 Å². The van der Waals surface area contributed by atoms with Gasteiger partial charge in [0.25, 0.3) is 5.91 Å². The van der Waals surface area contributed by atoms with Crippen molar-refractivity contribution in [1.29, 1.82) is 0 Å². The molecule has 1 amide bonds. The van der Waals surface area contributed by atoms with Crippen LogP contribution >= 0.6 is 11.6 Å². The molecule has 0 fully saturated rings. The zero-order chi connectivity index (χ0) is 25.8. The Morgan fingerprint density at radius 1 is 1.19 bits per heavy atom. The Labute approximate surface area is 213 Å². The van der Waals surface area contributed by atoms with Gasteiger partial charge in [0.2, 0.25) is 0 Å². The van der Waals surface area contributed by atoms with E-state index in [2.05, 4.69) is 20.6 Å². The van der Waals surface area contributed by atoms with Crippen LogP contribution in [0, 0.1) is 12.7 Å². The first-order valence-corrected chi connectivity index (χ1v) is 11.5. The fourth-order valence-electron chi connectivity index (χ4n) is 3.78. The summed E-state index contributed by atoms with van der Waals surface area (Å²) < 4.78 is 16.2. The average molecular weight is 506 g/mol. The number of nitrogens with two attached hydrogens (primary N) is 1. The van der Waals surface area contributed by atoms with Crippen LogP contribution in [0.2, 0.25) is 5.02 Å². The van der Waals surface area contributed by atoms with E-state index in [0.29, 0.717) is 33.6 Å². The molecule has 0 spiro atoms. The van der Waals surface area contributed by atoms with Crippen molar-refractivity contribution in [2.24, 2.45) is 5.73 Å². The third-order valence-corrected chi connectivity index (χ3v) is 5.80. The number of halogens is 2. The summed E-state index contributed by atoms with van der Waals surface area (Å²) in [5.41, 5.74) is 9.06. The van der Waals surface area contributed by atoms with Crippen molar-refractivity contribution >= 4 is 28.9 Å². The molecule has 3 aromatic heterocycles. The second-order valence-electron chi connectivity index (χ2n) is 8.08. The molecule has 4 rings (SSSR count). The van der Waals surface area contributed by atoms with Crippen LogP contribution in [-0.4, -0.2) is 32.7 Å². The van der Waals surface area contributed by atoms with Gasteiger partial charge in [-0.15, -0.1) is 5.10 Å². The number of pyridine rings is 2. The summed E-state index contributed by atoms with van der Waals surface area (Å²) in [4.78, 5) is 21.2. The number of carbonyl (C=O) groups excluding carboxylic acids is 1. The Bertz CT molecular complexity index is 1450. The van der Waals surface area contributed by atoms with E-state index in [1.165, 1.54) is 19.3 Å². The molecule has 184 valence electrons. The summed E-state index contributed by atoms with van der Waals surface area (Å²) in [6.07, 6.45) is 2.82. The Morgan fingerprint density at radius 3 is 2.69 bits per heavy atom. The lowest BCUT2D eigenvalue weighted by molar-refractivity contribution is -0.115. The number of nitrogens with zero attached hydrogens (tertiary/aromatic N) is 4. The fraction of sp³-hybridized carbons (Fsp3) is 0.154. The molecule has 8 nitrogen and oxygen atoms in total. The van der Waals surface area contributed by atoms with Gasteiger partial charge in [0, 0.05) is 47.4 Å². The number of carbonyl (C=O) groups is 1. The van der Waals surface area contributed by atoms with Crippen LogP contribution in [0.25, 0.3) is 22.6 Å². The lowest BCUT2D eigenvalue weighted by Gasteiger charge is -2.14. The van der Waals surface area contributed by atoms with Gasteiger partial charge in [-0.2, -0.15) is 0 Å². The number of aryl methyl sites for hydroxylation is 1. The molecule has 3 heterocycles. The Balaban J connectivity index is 1.78. The molecule has 1 unspecified atom stereocenters. The van der Waals surface area contributed by atoms with Crippen molar-refractivity contribution in [2.75, 3.05) is 12.4 Å². The lowest BCUT2D eigenvalue weighted by Crippen LogP contribution is -2.20. The zero-order valence-electron chi connectivity index (χ0n) is 20.0. The minimum absolute atomic E-state index is 0.240. The maximum Gasteiger partial charge on any atom is 0.254 e. The van der Waals surface area contributed by atoms with Crippen molar-refractivity contribution in [1.82, 2.24) is 25.1 Å². The highest BCUT2D eigenvalue weighted by Crippen LogP contribution is 2.30. The standard InChI is InChI=1S/C26H25ClFN7O/c1-15-5-4-6-25(32-15)35-23(17-9-10-31-22(11-17)20(14-29)26(36)30-3)13-24(34-35)33-16(2)19-8-7-18(27)12-21(19)28/h4-14,16H,29H2,1-3H3,(H,30,36)(H,33,34). The molecule has 1 aromatic carbocycles. The average Bonchev–Trinajstić information content (AvgIpc) is 3.28. The number of hydrogen-bond acceptors (Lipinski definition) is 6. The molecule has 1 atom stereocenters. The molecular weight excluding hydrogens is 481 g/mol. The van der Waals surface area contributed by atoms with Crippen LogP contribution < -0.4 is 16.4 Å². The van der Waals surface area contributed by atoms with Crippen LogP contribution in [0.3, 0.4) is 0 Å². The number of hydrogen-bond donors (Lipinski definition) is 3. The zero-order valence-corrected chi connectivity index (χ0v) is 20.7. The van der Waals surface area contributed by atoms with Crippen molar-refractivity contribution in [2.45, 2.75) is 19.9 Å². The summed E-state index contributed by atoms with van der Waals surface area (Å²) in [5, 5.41) is 10.9. The van der Waals surface area contributed by atoms with E-state index in [9.17, 15) is 9.18 Å². The number of likely N-dealkylation sites (N-methyl/N-ethyl adjacent to an activating group) is 1. The molecule has 0 saturated heterocycles. The number of anilines is 1. The summed E-state index contributed by atoms with van der Waals surface area (Å²) in [5.74, 6) is 0.353. The first-order chi connectivity index (χ1) is 17.3. The van der Waals surface area contributed by atoms with Crippen LogP contribution in [0.1, 0.15) is 29.9 Å². The molecule has 4 N–H and O–H groups in total. The Kier molecular flexibility index (Phi) is 7.30. The monoisotopic (exact) mass is 505 g/mol. The second-order valence-corrected chi connectivity index (χ2v) is 8.52. The highest BCUT2D eigenvalue weighted by atomic mass is 35.5. The van der Waals surface area contributed by atoms with Crippen LogP contribution in [0.15, 0.2) is 67.0 Å². The van der Waals surface area contributed by atoms with E-state index in [4.69, 9.17) is 22.4 Å². The fourth-order valence-corrected chi connectivity index (χ4v) is 3.94. The predicted octanol–water partition coefficient (Wildman–Crippen LogP) is 4.65. The summed E-state index contributed by atoms with van der Waals surface area (Å²) in [6.45, 7) is 3.73. The predicted molar refractivity (Wildman–Crippen MR) is 139 cm³/mol. The van der Waals surface area contributed by atoms with Crippen LogP contribution in [-0.2, 0) is 4.79 Å². The smallest absolute Gasteiger partial charge is 0.254 e. The van der Waals surface area contributed by atoms with E-state index >= 15 is 0 Å². The summed E-state index contributed by atoms with van der Waals surface area (Å²) in [6, 6.07) is 15.2. The van der Waals surface area contributed by atoms with Gasteiger partial charge in [-0.25, -0.2) is 14.1 Å². The van der Waals surface area contributed by atoms with Gasteiger partial charge in [-0.05, 0) is 50.2 Å². The van der Waals surface area contributed by atoms with Gasteiger partial charge in [0.1, 0.15) is 11.6 Å². The maximum atomic E-state index is 14.5. The van der Waals surface area contributed by atoms with Crippen molar-refractivity contribution in [3.05, 3.63) is 94.8 Å². The number of aromatic nitrogens is 4. The first-order valence-electron chi connectivity index (χ1n) is 11.2. The number of nitrogens with one attached hydrogen (secondary N) is 2. The van der Waals surface area contributed by atoms with Gasteiger partial charge < -0.3 is 16.4 Å². The van der Waals surface area contributed by atoms with E-state index < -0.39 is 11.9 Å². The van der Waals surface area contributed by atoms with E-state index in [0.717, 1.165) is 11.3 Å². The summed E-state index contributed by atoms with van der Waals surface area (Å²) >= 11 is 5.90. The number of rotatable bonds is 7. The molecule has 0 radical (unpaired) electrons. The topological polar surface area (TPSA) is 111 Å². The maximum absolute atomic E-state index is 14.5. The van der Waals surface area contributed by atoms with Crippen molar-refractivity contribution in [3.8, 4) is 17.1 Å². The third-order valence-electron chi connectivity index (χ3n) is 5.56. The van der Waals surface area contributed by atoms with E-state index in [1.807, 2.05) is 38.1 Å². The quantitative estimate of drug-likeness (QED) is 0.315. The molecule has 0 saturated carbocycles. The molecule has 4 aromatic rings. The minimum Gasteiger partial charge on any atom is -0.404 e. The second kappa shape index (κ2) is 10.6. The lowest BCUT2D eigenvalue weighted by atomic mass is 10.1. The van der Waals surface area contributed by atoms with Gasteiger partial charge in [-0.1, -0.05) is 23.7 Å². The largest absolute Gasteiger partial charge is 0.404 e. The number of benzene rings is 1. The normalized spacial score (nSPS) is 12.3.